The molecule has 2 fully saturated rings. The molecule has 9 nitrogen and oxygen atoms in total. The molecule has 0 bridgehead atoms. The molecule has 2 atom stereocenters. The van der Waals surface area contributed by atoms with Crippen LogP contribution in [-0.2, 0) is 19.6 Å². The van der Waals surface area contributed by atoms with Crippen LogP contribution in [0.3, 0.4) is 0 Å². The van der Waals surface area contributed by atoms with E-state index in [1.807, 2.05) is 18.7 Å². The van der Waals surface area contributed by atoms with Crippen LogP contribution in [0.1, 0.15) is 32.4 Å². The molecule has 1 amide bonds. The highest BCUT2D eigenvalue weighted by atomic mass is 32.2. The van der Waals surface area contributed by atoms with E-state index in [-0.39, 0.29) is 36.7 Å². The Morgan fingerprint density at radius 2 is 2.04 bits per heavy atom. The number of hydrogen-bond donors (Lipinski definition) is 1. The first-order valence-electron chi connectivity index (χ1n) is 9.75. The Morgan fingerprint density at radius 3 is 2.68 bits per heavy atom. The van der Waals surface area contributed by atoms with Crippen LogP contribution in [-0.4, -0.2) is 79.8 Å². The second-order valence-electron chi connectivity index (χ2n) is 7.47. The molecule has 2 aliphatic rings. The van der Waals surface area contributed by atoms with E-state index in [1.165, 1.54) is 4.31 Å². The fourth-order valence-electron chi connectivity index (χ4n) is 3.62. The molecule has 3 heterocycles. The van der Waals surface area contributed by atoms with Gasteiger partial charge >= 0.3 is 0 Å². The number of hydrogen-bond acceptors (Lipinski definition) is 7. The minimum absolute atomic E-state index is 0.0145. The predicted molar refractivity (Wildman–Crippen MR) is 106 cm³/mol. The minimum atomic E-state index is -3.38. The van der Waals surface area contributed by atoms with Gasteiger partial charge in [-0.2, -0.15) is 0 Å². The zero-order valence-corrected chi connectivity index (χ0v) is 17.5. The molecule has 0 spiro atoms. The standard InChI is InChI=1S/C18H29N5O4S/c1-4-28(25,26)23-11-14(15(12-23)17(24)20-13(2)3)16-5-6-19-18(21-16)22-7-9-27-10-8-22/h5-6,13-15H,4,7-12H2,1-3H3,(H,20,24)/t14-,15-/m0/s1. The summed E-state index contributed by atoms with van der Waals surface area (Å²) in [6.07, 6.45) is 1.68. The lowest BCUT2D eigenvalue weighted by Gasteiger charge is -2.27. The Labute approximate surface area is 166 Å². The van der Waals surface area contributed by atoms with Gasteiger partial charge in [0.2, 0.25) is 21.9 Å². The molecule has 3 rings (SSSR count). The van der Waals surface area contributed by atoms with Crippen molar-refractivity contribution in [3.8, 4) is 0 Å². The van der Waals surface area contributed by atoms with Gasteiger partial charge in [-0.1, -0.05) is 0 Å². The third-order valence-corrected chi connectivity index (χ3v) is 6.97. The Kier molecular flexibility index (Phi) is 6.51. The summed E-state index contributed by atoms with van der Waals surface area (Å²) in [6.45, 7) is 8.50. The van der Waals surface area contributed by atoms with Crippen LogP contribution in [0.5, 0.6) is 0 Å². The third-order valence-electron chi connectivity index (χ3n) is 5.15. The van der Waals surface area contributed by atoms with Crippen molar-refractivity contribution in [2.75, 3.05) is 50.0 Å². The van der Waals surface area contributed by atoms with Crippen molar-refractivity contribution in [3.05, 3.63) is 18.0 Å². The van der Waals surface area contributed by atoms with Gasteiger partial charge in [0.05, 0.1) is 30.6 Å². The number of aromatic nitrogens is 2. The average molecular weight is 412 g/mol. The molecule has 0 saturated carbocycles. The van der Waals surface area contributed by atoms with E-state index < -0.39 is 15.9 Å². The highest BCUT2D eigenvalue weighted by Gasteiger charge is 2.43. The van der Waals surface area contributed by atoms with E-state index in [0.29, 0.717) is 37.9 Å². The van der Waals surface area contributed by atoms with Gasteiger partial charge in [0.25, 0.3) is 0 Å². The Hall–Kier alpha value is -1.78. The van der Waals surface area contributed by atoms with Gasteiger partial charge in [0.1, 0.15) is 0 Å². The lowest BCUT2D eigenvalue weighted by molar-refractivity contribution is -0.125. The maximum absolute atomic E-state index is 12.8. The summed E-state index contributed by atoms with van der Waals surface area (Å²) in [4.78, 5) is 23.9. The molecular weight excluding hydrogens is 382 g/mol. The summed E-state index contributed by atoms with van der Waals surface area (Å²) in [5.74, 6) is -0.305. The maximum atomic E-state index is 12.8. The summed E-state index contributed by atoms with van der Waals surface area (Å²) in [5, 5.41) is 2.92. The molecule has 1 aromatic heterocycles. The number of nitrogens with one attached hydrogen (secondary N) is 1. The summed E-state index contributed by atoms with van der Waals surface area (Å²) < 4.78 is 31.6. The molecule has 0 aromatic carbocycles. The number of sulfonamides is 1. The Morgan fingerprint density at radius 1 is 1.32 bits per heavy atom. The second-order valence-corrected chi connectivity index (χ2v) is 9.73. The second kappa shape index (κ2) is 8.71. The van der Waals surface area contributed by atoms with Crippen LogP contribution < -0.4 is 10.2 Å². The van der Waals surface area contributed by atoms with Crippen molar-refractivity contribution < 1.29 is 17.9 Å². The van der Waals surface area contributed by atoms with Crippen molar-refractivity contribution >= 4 is 21.9 Å². The first kappa shape index (κ1) is 20.9. The van der Waals surface area contributed by atoms with Crippen LogP contribution >= 0.6 is 0 Å². The maximum Gasteiger partial charge on any atom is 0.225 e. The molecule has 2 aliphatic heterocycles. The summed E-state index contributed by atoms with van der Waals surface area (Å²) >= 11 is 0. The van der Waals surface area contributed by atoms with Crippen LogP contribution in [0.2, 0.25) is 0 Å². The largest absolute Gasteiger partial charge is 0.378 e. The van der Waals surface area contributed by atoms with E-state index in [4.69, 9.17) is 9.72 Å². The number of carbonyl (C=O) groups is 1. The number of nitrogens with zero attached hydrogens (tertiary/aromatic N) is 4. The minimum Gasteiger partial charge on any atom is -0.378 e. The van der Waals surface area contributed by atoms with Crippen molar-refractivity contribution in [2.24, 2.45) is 5.92 Å². The van der Waals surface area contributed by atoms with Crippen LogP contribution in [0.15, 0.2) is 12.3 Å². The molecular formula is C18H29N5O4S. The van der Waals surface area contributed by atoms with Crippen molar-refractivity contribution in [3.63, 3.8) is 0 Å². The molecule has 2 saturated heterocycles. The van der Waals surface area contributed by atoms with E-state index in [1.54, 1.807) is 19.2 Å². The van der Waals surface area contributed by atoms with Gasteiger partial charge in [-0.3, -0.25) is 4.79 Å². The average Bonchev–Trinajstić information content (AvgIpc) is 3.15. The van der Waals surface area contributed by atoms with Crippen LogP contribution in [0, 0.1) is 5.92 Å². The SMILES string of the molecule is CCS(=O)(=O)N1C[C@H](C(=O)NC(C)C)[C@@H](c2ccnc(N3CCOCC3)n2)C1. The topological polar surface area (TPSA) is 105 Å². The summed E-state index contributed by atoms with van der Waals surface area (Å²) in [7, 11) is -3.38. The van der Waals surface area contributed by atoms with Crippen molar-refractivity contribution in [1.29, 1.82) is 0 Å². The zero-order valence-electron chi connectivity index (χ0n) is 16.7. The Bertz CT molecular complexity index is 795. The van der Waals surface area contributed by atoms with Gasteiger partial charge in [-0.05, 0) is 26.8 Å². The number of morpholine rings is 1. The van der Waals surface area contributed by atoms with Gasteiger partial charge < -0.3 is 15.0 Å². The van der Waals surface area contributed by atoms with Gasteiger partial charge in [0.15, 0.2) is 0 Å². The smallest absolute Gasteiger partial charge is 0.225 e. The molecule has 1 aromatic rings. The first-order chi connectivity index (χ1) is 13.3. The number of ether oxygens (including phenoxy) is 1. The van der Waals surface area contributed by atoms with Gasteiger partial charge in [-0.25, -0.2) is 22.7 Å². The van der Waals surface area contributed by atoms with Crippen molar-refractivity contribution in [1.82, 2.24) is 19.6 Å². The van der Waals surface area contributed by atoms with Gasteiger partial charge in [0, 0.05) is 44.3 Å². The number of amides is 1. The fourth-order valence-corrected chi connectivity index (χ4v) is 4.76. The molecule has 0 radical (unpaired) electrons. The van der Waals surface area contributed by atoms with E-state index in [9.17, 15) is 13.2 Å². The van der Waals surface area contributed by atoms with E-state index in [0.717, 1.165) is 0 Å². The normalized spacial score (nSPS) is 23.9. The van der Waals surface area contributed by atoms with E-state index in [2.05, 4.69) is 10.3 Å². The first-order valence-corrected chi connectivity index (χ1v) is 11.4. The molecule has 28 heavy (non-hydrogen) atoms. The lowest BCUT2D eigenvalue weighted by Crippen LogP contribution is -2.39. The monoisotopic (exact) mass is 411 g/mol. The highest BCUT2D eigenvalue weighted by Crippen LogP contribution is 2.34. The van der Waals surface area contributed by atoms with Crippen LogP contribution in [0.25, 0.3) is 0 Å². The summed E-state index contributed by atoms with van der Waals surface area (Å²) in [6, 6.07) is 1.77. The van der Waals surface area contributed by atoms with Crippen molar-refractivity contribution in [2.45, 2.75) is 32.7 Å². The Balaban J connectivity index is 1.88. The molecule has 0 aliphatic carbocycles. The third kappa shape index (κ3) is 4.61. The summed E-state index contributed by atoms with van der Waals surface area (Å²) in [5.41, 5.74) is 0.703. The number of anilines is 1. The molecule has 0 unspecified atom stereocenters. The molecule has 156 valence electrons. The van der Waals surface area contributed by atoms with Gasteiger partial charge in [-0.15, -0.1) is 0 Å². The number of rotatable bonds is 6. The number of carbonyl (C=O) groups excluding carboxylic acids is 1. The fraction of sp³-hybridized carbons (Fsp3) is 0.722. The lowest BCUT2D eigenvalue weighted by atomic mass is 9.91. The van der Waals surface area contributed by atoms with Crippen LogP contribution in [0.4, 0.5) is 5.95 Å². The predicted octanol–water partition coefficient (Wildman–Crippen LogP) is 0.203. The molecule has 10 heteroatoms. The zero-order chi connectivity index (χ0) is 20.3. The van der Waals surface area contributed by atoms with E-state index >= 15 is 0 Å². The highest BCUT2D eigenvalue weighted by molar-refractivity contribution is 7.89. The molecule has 1 N–H and O–H groups in total. The quantitative estimate of drug-likeness (QED) is 0.713.